The van der Waals surface area contributed by atoms with Gasteiger partial charge in [0.2, 0.25) is 9.84 Å². The van der Waals surface area contributed by atoms with Gasteiger partial charge in [-0.1, -0.05) is 6.07 Å². The first-order valence-electron chi connectivity index (χ1n) is 10.0. The molecule has 7 heteroatoms. The number of rotatable bonds is 4. The molecule has 0 unspecified atom stereocenters. The normalized spacial score (nSPS) is 18.0. The van der Waals surface area contributed by atoms with E-state index in [2.05, 4.69) is 23.6 Å². The van der Waals surface area contributed by atoms with Crippen LogP contribution in [-0.2, 0) is 16.3 Å². The Morgan fingerprint density at radius 1 is 1.00 bits per heavy atom. The fraction of sp³-hybridized carbons (Fsp3) is 0.455. The smallest absolute Gasteiger partial charge is 0.206 e. The van der Waals surface area contributed by atoms with E-state index in [0.717, 1.165) is 56.2 Å². The van der Waals surface area contributed by atoms with Crippen molar-refractivity contribution >= 4 is 27.9 Å². The van der Waals surface area contributed by atoms with Gasteiger partial charge in [-0.3, -0.25) is 0 Å². The number of hydrogen-bond donors (Lipinski definition) is 0. The highest BCUT2D eigenvalue weighted by Crippen LogP contribution is 2.35. The molecular formula is C22H28ClFN2O2S. The number of benzene rings is 2. The maximum atomic E-state index is 13.5. The van der Waals surface area contributed by atoms with Crippen LogP contribution in [0.5, 0.6) is 0 Å². The molecule has 29 heavy (non-hydrogen) atoms. The number of halogens is 2. The van der Waals surface area contributed by atoms with E-state index in [9.17, 15) is 12.8 Å². The Hall–Kier alpha value is -1.63. The number of likely N-dealkylation sites (tertiary alicyclic amines) is 1. The molecule has 0 spiro atoms. The van der Waals surface area contributed by atoms with Gasteiger partial charge in [-0.25, -0.2) is 12.8 Å². The Morgan fingerprint density at radius 2 is 1.69 bits per heavy atom. The van der Waals surface area contributed by atoms with Gasteiger partial charge in [-0.15, -0.1) is 12.4 Å². The lowest BCUT2D eigenvalue weighted by Crippen LogP contribution is -2.46. The molecule has 2 aromatic carbocycles. The van der Waals surface area contributed by atoms with Crippen LogP contribution < -0.4 is 4.90 Å². The first-order valence-corrected chi connectivity index (χ1v) is 11.5. The Labute approximate surface area is 179 Å². The minimum atomic E-state index is -3.71. The number of sulfone groups is 1. The fourth-order valence-corrected chi connectivity index (χ4v) is 5.78. The topological polar surface area (TPSA) is 40.6 Å². The molecule has 4 rings (SSSR count). The molecule has 0 aromatic heterocycles. The molecule has 0 aliphatic carbocycles. The summed E-state index contributed by atoms with van der Waals surface area (Å²) in [6, 6.07) is 11.7. The van der Waals surface area contributed by atoms with E-state index in [1.807, 2.05) is 6.07 Å². The van der Waals surface area contributed by atoms with E-state index in [1.165, 1.54) is 18.2 Å². The standard InChI is InChI=1S/C22H27FN2O2S.ClH/c1-16(2)24-11-9-19(10-12-24)25-13-8-17-14-21(6-7-22(17)25)28(26,27)20-5-3-4-18(23)15-20;/h3-7,14-16,19H,8-13H2,1-2H3;1H. The van der Waals surface area contributed by atoms with Crippen LogP contribution in [0.15, 0.2) is 52.3 Å². The highest BCUT2D eigenvalue weighted by molar-refractivity contribution is 7.91. The molecule has 0 atom stereocenters. The van der Waals surface area contributed by atoms with Gasteiger partial charge in [-0.05, 0) is 75.1 Å². The summed E-state index contributed by atoms with van der Waals surface area (Å²) in [5.41, 5.74) is 2.23. The molecule has 1 saturated heterocycles. The Morgan fingerprint density at radius 3 is 2.34 bits per heavy atom. The summed E-state index contributed by atoms with van der Waals surface area (Å²) >= 11 is 0. The van der Waals surface area contributed by atoms with Gasteiger partial charge in [0.15, 0.2) is 0 Å². The third kappa shape index (κ3) is 4.30. The highest BCUT2D eigenvalue weighted by atomic mass is 35.5. The fourth-order valence-electron chi connectivity index (χ4n) is 4.43. The molecule has 0 amide bonds. The van der Waals surface area contributed by atoms with Crippen molar-refractivity contribution in [1.29, 1.82) is 0 Å². The number of piperidine rings is 1. The van der Waals surface area contributed by atoms with E-state index in [-0.39, 0.29) is 22.2 Å². The zero-order valence-electron chi connectivity index (χ0n) is 16.8. The van der Waals surface area contributed by atoms with Crippen LogP contribution in [0.25, 0.3) is 0 Å². The van der Waals surface area contributed by atoms with Crippen LogP contribution in [0, 0.1) is 5.82 Å². The monoisotopic (exact) mass is 438 g/mol. The van der Waals surface area contributed by atoms with E-state index >= 15 is 0 Å². The average Bonchev–Trinajstić information content (AvgIpc) is 3.11. The first-order chi connectivity index (χ1) is 13.4. The van der Waals surface area contributed by atoms with E-state index in [1.54, 1.807) is 12.1 Å². The molecule has 2 aliphatic heterocycles. The third-order valence-electron chi connectivity index (χ3n) is 6.07. The van der Waals surface area contributed by atoms with E-state index in [0.29, 0.717) is 12.1 Å². The molecular weight excluding hydrogens is 411 g/mol. The molecule has 0 bridgehead atoms. The Kier molecular flexibility index (Phi) is 6.56. The van der Waals surface area contributed by atoms with Crippen LogP contribution in [0.3, 0.4) is 0 Å². The predicted molar refractivity (Wildman–Crippen MR) is 116 cm³/mol. The highest BCUT2D eigenvalue weighted by Gasteiger charge is 2.31. The van der Waals surface area contributed by atoms with E-state index in [4.69, 9.17) is 0 Å². The van der Waals surface area contributed by atoms with E-state index < -0.39 is 15.7 Å². The van der Waals surface area contributed by atoms with Crippen LogP contribution >= 0.6 is 12.4 Å². The second kappa shape index (κ2) is 8.62. The zero-order valence-corrected chi connectivity index (χ0v) is 18.5. The van der Waals surface area contributed by atoms with Crippen molar-refractivity contribution < 1.29 is 12.8 Å². The van der Waals surface area contributed by atoms with Gasteiger partial charge >= 0.3 is 0 Å². The number of fused-ring (bicyclic) bond motifs is 1. The zero-order chi connectivity index (χ0) is 19.9. The lowest BCUT2D eigenvalue weighted by Gasteiger charge is -2.39. The molecule has 0 N–H and O–H groups in total. The van der Waals surface area contributed by atoms with Crippen LogP contribution in [0.4, 0.5) is 10.1 Å². The van der Waals surface area contributed by atoms with Gasteiger partial charge in [0.05, 0.1) is 9.79 Å². The summed E-state index contributed by atoms with van der Waals surface area (Å²) in [7, 11) is -3.71. The van der Waals surface area contributed by atoms with Gasteiger partial charge in [0.1, 0.15) is 5.82 Å². The molecule has 1 fully saturated rings. The Bertz CT molecular complexity index is 973. The third-order valence-corrected chi connectivity index (χ3v) is 7.82. The lowest BCUT2D eigenvalue weighted by molar-refractivity contribution is 0.170. The number of hydrogen-bond acceptors (Lipinski definition) is 4. The summed E-state index contributed by atoms with van der Waals surface area (Å²) in [6.45, 7) is 7.64. The van der Waals surface area contributed by atoms with Crippen LogP contribution in [0.2, 0.25) is 0 Å². The maximum absolute atomic E-state index is 13.5. The molecule has 2 aliphatic rings. The maximum Gasteiger partial charge on any atom is 0.206 e. The van der Waals surface area contributed by atoms with Crippen molar-refractivity contribution in [2.24, 2.45) is 0 Å². The van der Waals surface area contributed by atoms with Gasteiger partial charge in [0, 0.05) is 37.4 Å². The molecule has 158 valence electrons. The molecule has 0 saturated carbocycles. The van der Waals surface area contributed by atoms with Crippen molar-refractivity contribution in [3.63, 3.8) is 0 Å². The number of anilines is 1. The summed E-state index contributed by atoms with van der Waals surface area (Å²) in [5.74, 6) is -0.541. The summed E-state index contributed by atoms with van der Waals surface area (Å²) < 4.78 is 39.3. The second-order valence-electron chi connectivity index (χ2n) is 8.06. The van der Waals surface area contributed by atoms with Crippen molar-refractivity contribution in [2.75, 3.05) is 24.5 Å². The van der Waals surface area contributed by atoms with Gasteiger partial charge in [-0.2, -0.15) is 0 Å². The van der Waals surface area contributed by atoms with Gasteiger partial charge in [0.25, 0.3) is 0 Å². The van der Waals surface area contributed by atoms with Crippen molar-refractivity contribution in [1.82, 2.24) is 4.90 Å². The van der Waals surface area contributed by atoms with Crippen molar-refractivity contribution in [3.05, 3.63) is 53.8 Å². The summed E-state index contributed by atoms with van der Waals surface area (Å²) in [5, 5.41) is 0. The van der Waals surface area contributed by atoms with Crippen LogP contribution in [-0.4, -0.2) is 45.0 Å². The number of nitrogens with zero attached hydrogens (tertiary/aromatic N) is 2. The summed E-state index contributed by atoms with van der Waals surface area (Å²) in [4.78, 5) is 5.21. The quantitative estimate of drug-likeness (QED) is 0.713. The molecule has 4 nitrogen and oxygen atoms in total. The average molecular weight is 439 g/mol. The minimum absolute atomic E-state index is 0. The first kappa shape index (κ1) is 22.1. The van der Waals surface area contributed by atoms with Crippen LogP contribution in [0.1, 0.15) is 32.3 Å². The molecule has 0 radical (unpaired) electrons. The predicted octanol–water partition coefficient (Wildman–Crippen LogP) is 4.32. The molecule has 2 aromatic rings. The largest absolute Gasteiger partial charge is 0.368 e. The minimum Gasteiger partial charge on any atom is -0.368 e. The SMILES string of the molecule is CC(C)N1CCC(N2CCc3cc(S(=O)(=O)c4cccc(F)c4)ccc32)CC1.Cl. The van der Waals surface area contributed by atoms with Gasteiger partial charge < -0.3 is 9.80 Å². The summed E-state index contributed by atoms with van der Waals surface area (Å²) in [6.07, 6.45) is 3.13. The van der Waals surface area contributed by atoms with Crippen molar-refractivity contribution in [3.8, 4) is 0 Å². The lowest BCUT2D eigenvalue weighted by atomic mass is 10.0. The second-order valence-corrected chi connectivity index (χ2v) is 10.0. The molecule has 2 heterocycles. The Balaban J connectivity index is 0.00000240. The van der Waals surface area contributed by atoms with Crippen molar-refractivity contribution in [2.45, 2.75) is 55.0 Å².